The van der Waals surface area contributed by atoms with Crippen LogP contribution in [0.3, 0.4) is 0 Å². The molecule has 0 spiro atoms. The number of anilines is 2. The average molecular weight is 382 g/mol. The Bertz CT molecular complexity index is 810. The first-order chi connectivity index (χ1) is 12.0. The predicted molar refractivity (Wildman–Crippen MR) is 96.7 cm³/mol. The Kier molecular flexibility index (Phi) is 5.00. The molecular weight excluding hydrogens is 366 g/mol. The van der Waals surface area contributed by atoms with E-state index in [1.54, 1.807) is 42.3 Å². The standard InChI is InChI=1S/C10H10N2O3.C6H6ClNOS/c11-6-1-2-8-9(3-6)14-4-7-5-15-10(13)12(7)8;1-8-6(9)4-2-3-5(7)10-4/h1-3,7H,4-5,11H2;2-3H,1H3,(H,8,9). The van der Waals surface area contributed by atoms with E-state index in [-0.39, 0.29) is 18.0 Å². The molecule has 3 heterocycles. The molecule has 1 aromatic carbocycles. The van der Waals surface area contributed by atoms with Gasteiger partial charge in [0.15, 0.2) is 0 Å². The minimum atomic E-state index is -0.311. The highest BCUT2D eigenvalue weighted by Crippen LogP contribution is 2.37. The third-order valence-corrected chi connectivity index (χ3v) is 4.89. The van der Waals surface area contributed by atoms with Crippen LogP contribution in [0.25, 0.3) is 0 Å². The number of benzene rings is 1. The molecule has 2 aliphatic heterocycles. The van der Waals surface area contributed by atoms with Crippen LogP contribution in [0.2, 0.25) is 4.34 Å². The first-order valence-corrected chi connectivity index (χ1v) is 8.64. The topological polar surface area (TPSA) is 93.9 Å². The number of nitrogen functional groups attached to an aromatic ring is 1. The summed E-state index contributed by atoms with van der Waals surface area (Å²) in [6.45, 7) is 0.852. The normalized spacial score (nSPS) is 17.4. The van der Waals surface area contributed by atoms with Crippen LogP contribution in [-0.4, -0.2) is 38.3 Å². The summed E-state index contributed by atoms with van der Waals surface area (Å²) in [5.74, 6) is 0.557. The highest BCUT2D eigenvalue weighted by Gasteiger charge is 2.39. The van der Waals surface area contributed by atoms with E-state index in [1.807, 2.05) is 0 Å². The van der Waals surface area contributed by atoms with Gasteiger partial charge in [0.2, 0.25) is 0 Å². The van der Waals surface area contributed by atoms with Gasteiger partial charge in [-0.05, 0) is 24.3 Å². The maximum atomic E-state index is 11.5. The Balaban J connectivity index is 0.000000160. The number of fused-ring (bicyclic) bond motifs is 3. The van der Waals surface area contributed by atoms with Crippen molar-refractivity contribution in [1.82, 2.24) is 5.32 Å². The summed E-state index contributed by atoms with van der Waals surface area (Å²) in [7, 11) is 1.59. The molecule has 25 heavy (non-hydrogen) atoms. The summed E-state index contributed by atoms with van der Waals surface area (Å²) < 4.78 is 11.1. The number of nitrogens with zero attached hydrogens (tertiary/aromatic N) is 1. The molecule has 3 N–H and O–H groups in total. The molecule has 2 amide bonds. The Morgan fingerprint density at radius 2 is 2.08 bits per heavy atom. The van der Waals surface area contributed by atoms with Gasteiger partial charge in [-0.15, -0.1) is 11.3 Å². The number of carbonyl (C=O) groups excluding carboxylic acids is 2. The first-order valence-electron chi connectivity index (χ1n) is 7.45. The van der Waals surface area contributed by atoms with Crippen molar-refractivity contribution in [1.29, 1.82) is 0 Å². The number of carbonyl (C=O) groups is 2. The fourth-order valence-corrected chi connectivity index (χ4v) is 3.46. The van der Waals surface area contributed by atoms with Crippen LogP contribution in [0.1, 0.15) is 9.67 Å². The number of cyclic esters (lactones) is 1. The minimum Gasteiger partial charge on any atom is -0.489 e. The lowest BCUT2D eigenvalue weighted by molar-refractivity contribution is 0.0967. The van der Waals surface area contributed by atoms with Gasteiger partial charge >= 0.3 is 6.09 Å². The van der Waals surface area contributed by atoms with Crippen LogP contribution in [0.4, 0.5) is 16.2 Å². The van der Waals surface area contributed by atoms with Crippen molar-refractivity contribution in [3.8, 4) is 5.75 Å². The molecule has 4 rings (SSSR count). The van der Waals surface area contributed by atoms with Crippen LogP contribution in [-0.2, 0) is 4.74 Å². The minimum absolute atomic E-state index is 0.00590. The van der Waals surface area contributed by atoms with E-state index >= 15 is 0 Å². The molecule has 7 nitrogen and oxygen atoms in total. The van der Waals surface area contributed by atoms with Crippen LogP contribution < -0.4 is 20.7 Å². The summed E-state index contributed by atoms with van der Waals surface area (Å²) in [5, 5.41) is 2.51. The molecule has 1 aromatic heterocycles. The van der Waals surface area contributed by atoms with E-state index in [4.69, 9.17) is 26.8 Å². The fourth-order valence-electron chi connectivity index (χ4n) is 2.47. The lowest BCUT2D eigenvalue weighted by atomic mass is 10.2. The maximum Gasteiger partial charge on any atom is 0.414 e. The number of rotatable bonds is 1. The maximum absolute atomic E-state index is 11.5. The monoisotopic (exact) mass is 381 g/mol. The number of hydrogen-bond donors (Lipinski definition) is 2. The third-order valence-electron chi connectivity index (χ3n) is 3.66. The molecule has 1 saturated heterocycles. The van der Waals surface area contributed by atoms with Gasteiger partial charge in [-0.1, -0.05) is 11.6 Å². The van der Waals surface area contributed by atoms with Gasteiger partial charge < -0.3 is 20.5 Å². The molecule has 2 aliphatic rings. The second-order valence-electron chi connectivity index (χ2n) is 5.32. The van der Waals surface area contributed by atoms with Gasteiger partial charge in [0.05, 0.1) is 14.9 Å². The zero-order chi connectivity index (χ0) is 18.0. The Morgan fingerprint density at radius 3 is 2.76 bits per heavy atom. The zero-order valence-electron chi connectivity index (χ0n) is 13.3. The summed E-state index contributed by atoms with van der Waals surface area (Å²) >= 11 is 6.87. The van der Waals surface area contributed by atoms with E-state index in [9.17, 15) is 9.59 Å². The van der Waals surface area contributed by atoms with Crippen molar-refractivity contribution in [2.24, 2.45) is 0 Å². The number of nitrogens with two attached hydrogens (primary N) is 1. The van der Waals surface area contributed by atoms with Crippen LogP contribution >= 0.6 is 22.9 Å². The van der Waals surface area contributed by atoms with Crippen LogP contribution in [0.15, 0.2) is 30.3 Å². The smallest absolute Gasteiger partial charge is 0.414 e. The molecule has 1 atom stereocenters. The summed E-state index contributed by atoms with van der Waals surface area (Å²) in [6, 6.07) is 8.65. The number of halogens is 1. The molecule has 9 heteroatoms. The highest BCUT2D eigenvalue weighted by atomic mass is 35.5. The van der Waals surface area contributed by atoms with Gasteiger partial charge in [0, 0.05) is 18.8 Å². The molecule has 0 bridgehead atoms. The summed E-state index contributed by atoms with van der Waals surface area (Å²) in [5.41, 5.74) is 7.00. The first kappa shape index (κ1) is 17.4. The summed E-state index contributed by atoms with van der Waals surface area (Å²) in [4.78, 5) is 24.6. The number of thiophene rings is 1. The Morgan fingerprint density at radius 1 is 1.32 bits per heavy atom. The van der Waals surface area contributed by atoms with E-state index in [2.05, 4.69) is 5.32 Å². The van der Waals surface area contributed by atoms with Gasteiger partial charge in [0.1, 0.15) is 25.0 Å². The molecule has 1 fully saturated rings. The molecular formula is C16H16ClN3O4S. The van der Waals surface area contributed by atoms with E-state index < -0.39 is 0 Å². The molecule has 0 radical (unpaired) electrons. The molecule has 1 unspecified atom stereocenters. The zero-order valence-corrected chi connectivity index (χ0v) is 14.9. The largest absolute Gasteiger partial charge is 0.489 e. The summed E-state index contributed by atoms with van der Waals surface area (Å²) in [6.07, 6.45) is -0.311. The van der Waals surface area contributed by atoms with Gasteiger partial charge in [-0.2, -0.15) is 0 Å². The van der Waals surface area contributed by atoms with Crippen molar-refractivity contribution < 1.29 is 19.1 Å². The average Bonchev–Trinajstić information content (AvgIpc) is 3.21. The van der Waals surface area contributed by atoms with Crippen molar-refractivity contribution in [2.75, 3.05) is 30.9 Å². The van der Waals surface area contributed by atoms with Gasteiger partial charge in [-0.3, -0.25) is 9.69 Å². The number of nitrogens with one attached hydrogen (secondary N) is 1. The second-order valence-corrected chi connectivity index (χ2v) is 7.04. The van der Waals surface area contributed by atoms with Crippen molar-refractivity contribution >= 4 is 46.3 Å². The SMILES string of the molecule is CNC(=O)c1ccc(Cl)s1.Nc1ccc2c(c1)OCC1COC(=O)N21. The van der Waals surface area contributed by atoms with Crippen LogP contribution in [0, 0.1) is 0 Å². The molecule has 0 aliphatic carbocycles. The van der Waals surface area contributed by atoms with Crippen molar-refractivity contribution in [2.45, 2.75) is 6.04 Å². The van der Waals surface area contributed by atoms with E-state index in [0.29, 0.717) is 33.9 Å². The number of amides is 2. The van der Waals surface area contributed by atoms with Gasteiger partial charge in [-0.25, -0.2) is 4.79 Å². The quantitative estimate of drug-likeness (QED) is 0.741. The lowest BCUT2D eigenvalue weighted by Gasteiger charge is -2.29. The Labute approximate surface area is 153 Å². The molecule has 0 saturated carbocycles. The Hall–Kier alpha value is -2.45. The molecule has 2 aromatic rings. The molecule has 132 valence electrons. The van der Waals surface area contributed by atoms with Crippen molar-refractivity contribution in [3.63, 3.8) is 0 Å². The fraction of sp³-hybridized carbons (Fsp3) is 0.250. The van der Waals surface area contributed by atoms with Gasteiger partial charge in [0.25, 0.3) is 5.91 Å². The van der Waals surface area contributed by atoms with E-state index in [1.165, 1.54) is 11.3 Å². The lowest BCUT2D eigenvalue weighted by Crippen LogP contribution is -2.41. The predicted octanol–water partition coefficient (Wildman–Crippen LogP) is 2.75. The van der Waals surface area contributed by atoms with Crippen LogP contribution in [0.5, 0.6) is 5.75 Å². The number of ether oxygens (including phenoxy) is 2. The number of hydrogen-bond acceptors (Lipinski definition) is 6. The van der Waals surface area contributed by atoms with Crippen molar-refractivity contribution in [3.05, 3.63) is 39.5 Å². The highest BCUT2D eigenvalue weighted by molar-refractivity contribution is 7.17. The third kappa shape index (κ3) is 3.64. The second kappa shape index (κ2) is 7.20. The van der Waals surface area contributed by atoms with E-state index in [0.717, 1.165) is 5.69 Å².